The molecule has 3 aromatic carbocycles. The van der Waals surface area contributed by atoms with Crippen LogP contribution in [-0.2, 0) is 11.3 Å². The molecule has 0 aliphatic carbocycles. The lowest BCUT2D eigenvalue weighted by Gasteiger charge is -2.18. The Morgan fingerprint density at radius 3 is 2.58 bits per heavy atom. The van der Waals surface area contributed by atoms with E-state index in [4.69, 9.17) is 16.3 Å². The van der Waals surface area contributed by atoms with Gasteiger partial charge in [-0.05, 0) is 71.3 Å². The number of amides is 1. The highest BCUT2D eigenvalue weighted by Gasteiger charge is 2.23. The normalized spacial score (nSPS) is 11.7. The summed E-state index contributed by atoms with van der Waals surface area (Å²) in [5.74, 6) is 0.673. The number of carbonyl (C=O) groups excluding carboxylic acids is 1. The molecule has 2 heterocycles. The van der Waals surface area contributed by atoms with Gasteiger partial charge in [-0.25, -0.2) is 0 Å². The number of aromatic amines is 1. The number of aromatic nitrogens is 2. The number of H-pyrrole nitrogens is 1. The second-order valence-corrected chi connectivity index (χ2v) is 9.18. The summed E-state index contributed by atoms with van der Waals surface area (Å²) in [7, 11) is 0. The van der Waals surface area contributed by atoms with Crippen molar-refractivity contribution in [1.82, 2.24) is 15.3 Å². The summed E-state index contributed by atoms with van der Waals surface area (Å²) in [5.41, 5.74) is 3.29. The highest BCUT2D eigenvalue weighted by molar-refractivity contribution is 6.30. The lowest BCUT2D eigenvalue weighted by Crippen LogP contribution is -2.25. The molecule has 2 aromatic heterocycles. The number of nitro groups is 1. The number of benzene rings is 3. The number of halogens is 1. The van der Waals surface area contributed by atoms with Crippen molar-refractivity contribution < 1.29 is 14.5 Å². The van der Waals surface area contributed by atoms with Crippen molar-refractivity contribution in [3.63, 3.8) is 0 Å². The molecule has 0 aliphatic heterocycles. The lowest BCUT2D eigenvalue weighted by atomic mass is 9.87. The zero-order chi connectivity index (χ0) is 26.5. The zero-order valence-electron chi connectivity index (χ0n) is 20.1. The molecule has 38 heavy (non-hydrogen) atoms. The summed E-state index contributed by atoms with van der Waals surface area (Å²) in [5, 5.41) is 15.7. The minimum Gasteiger partial charge on any atom is -0.457 e. The molecule has 5 rings (SSSR count). The van der Waals surface area contributed by atoms with Crippen LogP contribution in [-0.4, -0.2) is 20.8 Å². The van der Waals surface area contributed by atoms with Gasteiger partial charge in [0.1, 0.15) is 11.5 Å². The molecule has 0 spiro atoms. The highest BCUT2D eigenvalue weighted by atomic mass is 35.5. The first-order chi connectivity index (χ1) is 18.5. The third kappa shape index (κ3) is 5.82. The number of hydrogen-bond acceptors (Lipinski definition) is 5. The molecule has 0 saturated heterocycles. The number of nitro benzene ring substituents is 1. The summed E-state index contributed by atoms with van der Waals surface area (Å²) in [6.07, 6.45) is 5.29. The number of nitrogens with zero attached hydrogens (tertiary/aromatic N) is 2. The van der Waals surface area contributed by atoms with Crippen LogP contribution in [0, 0.1) is 10.1 Å². The van der Waals surface area contributed by atoms with Crippen molar-refractivity contribution >= 4 is 34.1 Å². The Kier molecular flexibility index (Phi) is 7.33. The smallest absolute Gasteiger partial charge is 0.270 e. The number of nitrogens with one attached hydrogen (secondary N) is 2. The first-order valence-corrected chi connectivity index (χ1v) is 12.3. The van der Waals surface area contributed by atoms with E-state index in [9.17, 15) is 14.9 Å². The lowest BCUT2D eigenvalue weighted by molar-refractivity contribution is -0.384. The third-order valence-corrected chi connectivity index (χ3v) is 6.47. The first kappa shape index (κ1) is 25.0. The van der Waals surface area contributed by atoms with E-state index in [1.54, 1.807) is 42.7 Å². The van der Waals surface area contributed by atoms with Gasteiger partial charge in [0.05, 0.1) is 4.92 Å². The Morgan fingerprint density at radius 2 is 1.82 bits per heavy atom. The van der Waals surface area contributed by atoms with Gasteiger partial charge in [0.15, 0.2) is 0 Å². The third-order valence-electron chi connectivity index (χ3n) is 6.22. The second kappa shape index (κ2) is 11.1. The van der Waals surface area contributed by atoms with E-state index in [1.807, 2.05) is 42.6 Å². The van der Waals surface area contributed by atoms with Gasteiger partial charge in [-0.15, -0.1) is 0 Å². The first-order valence-electron chi connectivity index (χ1n) is 11.9. The number of fused-ring (bicyclic) bond motifs is 1. The van der Waals surface area contributed by atoms with Crippen molar-refractivity contribution in [2.45, 2.75) is 18.9 Å². The predicted octanol–water partition coefficient (Wildman–Crippen LogP) is 6.76. The van der Waals surface area contributed by atoms with E-state index in [-0.39, 0.29) is 18.0 Å². The Hall–Kier alpha value is -4.69. The van der Waals surface area contributed by atoms with Crippen molar-refractivity contribution in [3.05, 3.63) is 129 Å². The molecule has 1 amide bonds. The van der Waals surface area contributed by atoms with Crippen LogP contribution in [0.25, 0.3) is 10.9 Å². The van der Waals surface area contributed by atoms with Crippen LogP contribution in [0.4, 0.5) is 5.69 Å². The van der Waals surface area contributed by atoms with Crippen LogP contribution in [0.2, 0.25) is 5.02 Å². The fraction of sp³-hybridized carbons (Fsp3) is 0.103. The maximum Gasteiger partial charge on any atom is 0.270 e. The molecule has 1 atom stereocenters. The van der Waals surface area contributed by atoms with Gasteiger partial charge in [-0.2, -0.15) is 0 Å². The van der Waals surface area contributed by atoms with Crippen LogP contribution in [0.5, 0.6) is 11.5 Å². The summed E-state index contributed by atoms with van der Waals surface area (Å²) in [6.45, 7) is 0.368. The molecule has 0 aliphatic rings. The molecule has 1 unspecified atom stereocenters. The number of non-ortho nitro benzene ring substituents is 1. The van der Waals surface area contributed by atoms with Gasteiger partial charge in [0, 0.05) is 65.5 Å². The van der Waals surface area contributed by atoms with Crippen LogP contribution < -0.4 is 10.1 Å². The van der Waals surface area contributed by atoms with Crippen molar-refractivity contribution in [1.29, 1.82) is 0 Å². The average Bonchev–Trinajstić information content (AvgIpc) is 3.35. The Bertz CT molecular complexity index is 1590. The maximum atomic E-state index is 13.1. The molecular formula is C29H23ClN4O4. The molecular weight excluding hydrogens is 504 g/mol. The summed E-state index contributed by atoms with van der Waals surface area (Å²) in [4.78, 5) is 31.4. The number of pyridine rings is 1. The molecule has 0 fully saturated rings. The van der Waals surface area contributed by atoms with E-state index < -0.39 is 10.8 Å². The topological polar surface area (TPSA) is 110 Å². The SMILES string of the molecule is O=C(CC(c1cccc(Oc2ccc(Cl)cc2)c1)c1c[nH]c2ccc([N+](=O)[O-])cc12)NCc1ccncc1. The fourth-order valence-corrected chi connectivity index (χ4v) is 4.46. The Morgan fingerprint density at radius 1 is 1.03 bits per heavy atom. The fourth-order valence-electron chi connectivity index (χ4n) is 4.33. The van der Waals surface area contributed by atoms with Gasteiger partial charge < -0.3 is 15.0 Å². The maximum absolute atomic E-state index is 13.1. The van der Waals surface area contributed by atoms with E-state index in [2.05, 4.69) is 15.3 Å². The van der Waals surface area contributed by atoms with Crippen molar-refractivity contribution in [2.24, 2.45) is 0 Å². The summed E-state index contributed by atoms with van der Waals surface area (Å²) in [6, 6.07) is 22.9. The largest absolute Gasteiger partial charge is 0.457 e. The van der Waals surface area contributed by atoms with Gasteiger partial charge in [0.2, 0.25) is 5.91 Å². The summed E-state index contributed by atoms with van der Waals surface area (Å²) >= 11 is 5.99. The van der Waals surface area contributed by atoms with Gasteiger partial charge in [0.25, 0.3) is 5.69 Å². The molecule has 190 valence electrons. The Balaban J connectivity index is 1.48. The average molecular weight is 527 g/mol. The molecule has 5 aromatic rings. The quantitative estimate of drug-likeness (QED) is 0.163. The zero-order valence-corrected chi connectivity index (χ0v) is 20.9. The van der Waals surface area contributed by atoms with E-state index in [0.717, 1.165) is 22.2 Å². The second-order valence-electron chi connectivity index (χ2n) is 8.75. The van der Waals surface area contributed by atoms with Crippen molar-refractivity contribution in [2.75, 3.05) is 0 Å². The Labute approximate surface area is 223 Å². The minimum atomic E-state index is -0.423. The van der Waals surface area contributed by atoms with Crippen LogP contribution in [0.15, 0.2) is 97.5 Å². The predicted molar refractivity (Wildman–Crippen MR) is 145 cm³/mol. The molecule has 9 heteroatoms. The molecule has 8 nitrogen and oxygen atoms in total. The van der Waals surface area contributed by atoms with Crippen LogP contribution >= 0.6 is 11.6 Å². The minimum absolute atomic E-state index is 0.0148. The molecule has 0 saturated carbocycles. The van der Waals surface area contributed by atoms with E-state index >= 15 is 0 Å². The molecule has 0 radical (unpaired) electrons. The van der Waals surface area contributed by atoms with Gasteiger partial charge >= 0.3 is 0 Å². The van der Waals surface area contributed by atoms with Gasteiger partial charge in [-0.1, -0.05) is 23.7 Å². The van der Waals surface area contributed by atoms with Crippen molar-refractivity contribution in [3.8, 4) is 11.5 Å². The number of hydrogen-bond donors (Lipinski definition) is 2. The highest BCUT2D eigenvalue weighted by Crippen LogP contribution is 2.37. The summed E-state index contributed by atoms with van der Waals surface area (Å²) < 4.78 is 6.03. The number of rotatable bonds is 9. The number of carbonyl (C=O) groups is 1. The standard InChI is InChI=1S/C29H23ClN4O4/c30-21-4-7-23(8-5-21)38-24-3-1-2-20(14-24)25(16-29(35)33-17-19-10-12-31-13-11-19)27-18-32-28-9-6-22(34(36)37)15-26(27)28/h1-15,18,25,32H,16-17H2,(H,33,35). The van der Waals surface area contributed by atoms with E-state index in [0.29, 0.717) is 28.5 Å². The number of ether oxygens (including phenoxy) is 1. The van der Waals surface area contributed by atoms with E-state index in [1.165, 1.54) is 12.1 Å². The van der Waals surface area contributed by atoms with Gasteiger partial charge in [-0.3, -0.25) is 19.9 Å². The van der Waals surface area contributed by atoms with Crippen LogP contribution in [0.3, 0.4) is 0 Å². The monoisotopic (exact) mass is 526 g/mol. The van der Waals surface area contributed by atoms with Crippen LogP contribution in [0.1, 0.15) is 29.0 Å². The molecule has 2 N–H and O–H groups in total. The molecule has 0 bridgehead atoms.